The van der Waals surface area contributed by atoms with E-state index >= 15 is 0 Å². The van der Waals surface area contributed by atoms with Gasteiger partial charge in [0.1, 0.15) is 11.1 Å². The topological polar surface area (TPSA) is 82.4 Å². The highest BCUT2D eigenvalue weighted by molar-refractivity contribution is 7.99. The molecule has 0 aliphatic heterocycles. The molecular weight excluding hydrogens is 272 g/mol. The van der Waals surface area contributed by atoms with E-state index in [1.807, 2.05) is 6.07 Å². The molecule has 1 aliphatic carbocycles. The zero-order chi connectivity index (χ0) is 14.1. The summed E-state index contributed by atoms with van der Waals surface area (Å²) in [4.78, 5) is 22.9. The van der Waals surface area contributed by atoms with Crippen LogP contribution in [0.5, 0.6) is 0 Å². The third-order valence-electron chi connectivity index (χ3n) is 3.18. The summed E-state index contributed by atoms with van der Waals surface area (Å²) in [5, 5.41) is 10.3. The second-order valence-electron chi connectivity index (χ2n) is 4.71. The van der Waals surface area contributed by atoms with Gasteiger partial charge in [-0.25, -0.2) is 9.97 Å². The van der Waals surface area contributed by atoms with Crippen molar-refractivity contribution < 1.29 is 0 Å². The van der Waals surface area contributed by atoms with Crippen molar-refractivity contribution in [2.45, 2.75) is 36.4 Å². The SMILES string of the molecule is Cc1cc(=O)[nH]c(Sc2nc3c(cc2C#N)CCC3)n1. The molecule has 5 nitrogen and oxygen atoms in total. The first-order chi connectivity index (χ1) is 9.65. The number of pyridine rings is 1. The predicted octanol–water partition coefficient (Wildman–Crippen LogP) is 1.98. The minimum atomic E-state index is -0.195. The van der Waals surface area contributed by atoms with Crippen molar-refractivity contribution in [2.24, 2.45) is 0 Å². The molecule has 2 aromatic heterocycles. The molecule has 1 N–H and O–H groups in total. The number of nitriles is 1. The van der Waals surface area contributed by atoms with E-state index in [0.29, 0.717) is 21.4 Å². The van der Waals surface area contributed by atoms with Gasteiger partial charge in [0, 0.05) is 17.5 Å². The molecule has 0 fully saturated rings. The molecule has 20 heavy (non-hydrogen) atoms. The molecular formula is C14H12N4OS. The van der Waals surface area contributed by atoms with Gasteiger partial charge in [-0.2, -0.15) is 5.26 Å². The molecule has 0 saturated carbocycles. The Labute approximate surface area is 120 Å². The largest absolute Gasteiger partial charge is 0.301 e. The lowest BCUT2D eigenvalue weighted by Crippen LogP contribution is -2.08. The fourth-order valence-corrected chi connectivity index (χ4v) is 3.20. The van der Waals surface area contributed by atoms with Crippen LogP contribution in [0.1, 0.15) is 28.9 Å². The van der Waals surface area contributed by atoms with Crippen molar-refractivity contribution in [3.05, 3.63) is 45.0 Å². The molecule has 2 aromatic rings. The van der Waals surface area contributed by atoms with Crippen molar-refractivity contribution in [3.63, 3.8) is 0 Å². The first-order valence-corrected chi connectivity index (χ1v) is 7.16. The number of nitrogens with zero attached hydrogens (tertiary/aromatic N) is 3. The predicted molar refractivity (Wildman–Crippen MR) is 74.7 cm³/mol. The zero-order valence-corrected chi connectivity index (χ0v) is 11.8. The molecule has 0 amide bonds. The number of nitrogens with one attached hydrogen (secondary N) is 1. The Hall–Kier alpha value is -2.13. The Morgan fingerprint density at radius 1 is 1.35 bits per heavy atom. The highest BCUT2D eigenvalue weighted by Crippen LogP contribution is 2.30. The summed E-state index contributed by atoms with van der Waals surface area (Å²) in [5.41, 5.74) is 3.22. The van der Waals surface area contributed by atoms with Gasteiger partial charge in [-0.15, -0.1) is 0 Å². The molecule has 0 aromatic carbocycles. The smallest absolute Gasteiger partial charge is 0.251 e. The summed E-state index contributed by atoms with van der Waals surface area (Å²) in [7, 11) is 0. The molecule has 6 heteroatoms. The van der Waals surface area contributed by atoms with E-state index in [1.54, 1.807) is 6.92 Å². The number of fused-ring (bicyclic) bond motifs is 1. The van der Waals surface area contributed by atoms with Crippen molar-refractivity contribution in [3.8, 4) is 6.07 Å². The minimum absolute atomic E-state index is 0.195. The van der Waals surface area contributed by atoms with E-state index in [-0.39, 0.29) is 5.56 Å². The number of aromatic nitrogens is 3. The van der Waals surface area contributed by atoms with Gasteiger partial charge in [0.15, 0.2) is 5.16 Å². The first-order valence-electron chi connectivity index (χ1n) is 6.34. The Balaban J connectivity index is 2.02. The molecule has 0 spiro atoms. The summed E-state index contributed by atoms with van der Waals surface area (Å²) in [5.74, 6) is 0. The highest BCUT2D eigenvalue weighted by atomic mass is 32.2. The highest BCUT2D eigenvalue weighted by Gasteiger charge is 2.17. The van der Waals surface area contributed by atoms with Crippen LogP contribution in [-0.2, 0) is 12.8 Å². The van der Waals surface area contributed by atoms with Gasteiger partial charge in [-0.1, -0.05) is 0 Å². The number of H-pyrrole nitrogens is 1. The average molecular weight is 284 g/mol. The number of hydrogen-bond donors (Lipinski definition) is 1. The summed E-state index contributed by atoms with van der Waals surface area (Å²) in [6.45, 7) is 1.76. The van der Waals surface area contributed by atoms with Gasteiger partial charge in [-0.05, 0) is 49.6 Å². The average Bonchev–Trinajstić information content (AvgIpc) is 2.83. The van der Waals surface area contributed by atoms with Crippen LogP contribution < -0.4 is 5.56 Å². The van der Waals surface area contributed by atoms with E-state index in [2.05, 4.69) is 21.0 Å². The van der Waals surface area contributed by atoms with E-state index in [4.69, 9.17) is 0 Å². The molecule has 100 valence electrons. The van der Waals surface area contributed by atoms with Gasteiger partial charge in [-0.3, -0.25) is 4.79 Å². The van der Waals surface area contributed by atoms with Crippen LogP contribution in [-0.4, -0.2) is 15.0 Å². The van der Waals surface area contributed by atoms with Crippen molar-refractivity contribution in [2.75, 3.05) is 0 Å². The Kier molecular flexibility index (Phi) is 3.28. The lowest BCUT2D eigenvalue weighted by molar-refractivity contribution is 0.884. The molecule has 2 heterocycles. The van der Waals surface area contributed by atoms with Crippen LogP contribution in [0.2, 0.25) is 0 Å². The molecule has 3 rings (SSSR count). The molecule has 0 saturated heterocycles. The monoisotopic (exact) mass is 284 g/mol. The Bertz CT molecular complexity index is 776. The molecule has 0 atom stereocenters. The van der Waals surface area contributed by atoms with Crippen LogP contribution in [0.15, 0.2) is 27.1 Å². The normalized spacial score (nSPS) is 13.0. The fraction of sp³-hybridized carbons (Fsp3) is 0.286. The number of aryl methyl sites for hydroxylation is 3. The standard InChI is InChI=1S/C14H12N4OS/c1-8-5-12(19)18-14(16-8)20-13-10(7-15)6-9-3-2-4-11(9)17-13/h5-6H,2-4H2,1H3,(H,16,18,19). The van der Waals surface area contributed by atoms with Crippen molar-refractivity contribution >= 4 is 11.8 Å². The van der Waals surface area contributed by atoms with Crippen LogP contribution in [0.4, 0.5) is 0 Å². The molecule has 0 radical (unpaired) electrons. The van der Waals surface area contributed by atoms with Gasteiger partial charge in [0.2, 0.25) is 0 Å². The zero-order valence-electron chi connectivity index (χ0n) is 10.9. The van der Waals surface area contributed by atoms with Crippen LogP contribution in [0, 0.1) is 18.3 Å². The van der Waals surface area contributed by atoms with E-state index in [0.717, 1.165) is 30.5 Å². The minimum Gasteiger partial charge on any atom is -0.301 e. The van der Waals surface area contributed by atoms with Crippen molar-refractivity contribution in [1.82, 2.24) is 15.0 Å². The first kappa shape index (κ1) is 12.9. The lowest BCUT2D eigenvalue weighted by Gasteiger charge is -2.06. The third-order valence-corrected chi connectivity index (χ3v) is 4.07. The maximum absolute atomic E-state index is 11.4. The lowest BCUT2D eigenvalue weighted by atomic mass is 10.2. The molecule has 1 aliphatic rings. The summed E-state index contributed by atoms with van der Waals surface area (Å²) >= 11 is 1.23. The third kappa shape index (κ3) is 2.45. The summed E-state index contributed by atoms with van der Waals surface area (Å²) < 4.78 is 0. The fourth-order valence-electron chi connectivity index (χ4n) is 2.30. The van der Waals surface area contributed by atoms with Gasteiger partial charge in [0.25, 0.3) is 5.56 Å². The van der Waals surface area contributed by atoms with Crippen LogP contribution in [0.25, 0.3) is 0 Å². The van der Waals surface area contributed by atoms with Crippen molar-refractivity contribution in [1.29, 1.82) is 5.26 Å². The quantitative estimate of drug-likeness (QED) is 0.853. The number of rotatable bonds is 2. The Morgan fingerprint density at radius 2 is 2.20 bits per heavy atom. The van der Waals surface area contributed by atoms with Gasteiger partial charge < -0.3 is 4.98 Å². The second kappa shape index (κ2) is 5.10. The second-order valence-corrected chi connectivity index (χ2v) is 5.68. The van der Waals surface area contributed by atoms with Gasteiger partial charge >= 0.3 is 0 Å². The van der Waals surface area contributed by atoms with E-state index in [1.165, 1.54) is 17.8 Å². The number of aromatic amines is 1. The van der Waals surface area contributed by atoms with E-state index in [9.17, 15) is 10.1 Å². The summed E-state index contributed by atoms with van der Waals surface area (Å²) in [6, 6.07) is 5.52. The van der Waals surface area contributed by atoms with Crippen LogP contribution >= 0.6 is 11.8 Å². The van der Waals surface area contributed by atoms with Gasteiger partial charge in [0.05, 0.1) is 5.56 Å². The number of hydrogen-bond acceptors (Lipinski definition) is 5. The molecule has 0 bridgehead atoms. The summed E-state index contributed by atoms with van der Waals surface area (Å²) in [6.07, 6.45) is 3.02. The maximum atomic E-state index is 11.4. The van der Waals surface area contributed by atoms with E-state index < -0.39 is 0 Å². The maximum Gasteiger partial charge on any atom is 0.251 e. The Morgan fingerprint density at radius 3 is 2.95 bits per heavy atom. The molecule has 0 unspecified atom stereocenters. The van der Waals surface area contributed by atoms with Crippen LogP contribution in [0.3, 0.4) is 0 Å².